The van der Waals surface area contributed by atoms with Crippen LogP contribution in [0, 0.1) is 12.3 Å². The van der Waals surface area contributed by atoms with Crippen molar-refractivity contribution in [1.82, 2.24) is 10.6 Å². The third-order valence-electron chi connectivity index (χ3n) is 2.15. The van der Waals surface area contributed by atoms with Gasteiger partial charge in [0.2, 0.25) is 5.54 Å². The minimum atomic E-state index is -2.05. The molecule has 116 valence electrons. The molecule has 1 atom stereocenters. The second-order valence-corrected chi connectivity index (χ2v) is 3.61. The number of carboxylic acids is 1. The monoisotopic (exact) mass is 298 g/mol. The molecule has 0 radical (unpaired) electrons. The molecule has 0 saturated carbocycles. The highest BCUT2D eigenvalue weighted by molar-refractivity contribution is 5.90. The fraction of sp³-hybridized carbons (Fsp3) is 0.462. The smallest absolute Gasteiger partial charge is 0.409 e. The Morgan fingerprint density at radius 2 is 1.81 bits per heavy atom. The number of carboxylic acid groups (broad SMARTS) is 1. The molecule has 1 unspecified atom stereocenters. The number of aliphatic carboxylic acids is 1. The maximum atomic E-state index is 11.3. The Hall–Kier alpha value is -2.69. The van der Waals surface area contributed by atoms with Crippen molar-refractivity contribution < 1.29 is 29.0 Å². The van der Waals surface area contributed by atoms with Crippen molar-refractivity contribution in [2.45, 2.75) is 19.4 Å². The number of terminal acetylenes is 1. The number of ether oxygens (including phenoxy) is 2. The van der Waals surface area contributed by atoms with Crippen molar-refractivity contribution in [2.24, 2.45) is 0 Å². The zero-order chi connectivity index (χ0) is 16.3. The van der Waals surface area contributed by atoms with Crippen LogP contribution in [-0.2, 0) is 14.3 Å². The SMILES string of the molecule is C#CC(C=CCNC(=O)OCC)(NC(=O)OCC)C(=O)O. The minimum absolute atomic E-state index is 0.0138. The van der Waals surface area contributed by atoms with E-state index < -0.39 is 23.7 Å². The van der Waals surface area contributed by atoms with Gasteiger partial charge in [-0.15, -0.1) is 6.42 Å². The number of carbonyl (C=O) groups excluding carboxylic acids is 2. The van der Waals surface area contributed by atoms with Gasteiger partial charge in [-0.3, -0.25) is 5.32 Å². The topological polar surface area (TPSA) is 114 Å². The standard InChI is InChI=1S/C13H18N2O6/c1-4-13(10(16)17,15-12(19)21-6-3)8-7-9-14-11(18)20-5-2/h1,7-8H,5-6,9H2,2-3H3,(H,14,18)(H,15,19)(H,16,17). The van der Waals surface area contributed by atoms with Crippen molar-refractivity contribution in [3.05, 3.63) is 12.2 Å². The molecule has 0 fully saturated rings. The molecule has 0 rings (SSSR count). The highest BCUT2D eigenvalue weighted by atomic mass is 16.6. The van der Waals surface area contributed by atoms with Gasteiger partial charge in [0.1, 0.15) is 0 Å². The van der Waals surface area contributed by atoms with Crippen LogP contribution in [0.15, 0.2) is 12.2 Å². The number of nitrogens with one attached hydrogen (secondary N) is 2. The summed E-state index contributed by atoms with van der Waals surface area (Å²) in [5.41, 5.74) is -2.05. The number of hydrogen-bond donors (Lipinski definition) is 3. The van der Waals surface area contributed by atoms with Crippen LogP contribution in [-0.4, -0.2) is 48.6 Å². The zero-order valence-corrected chi connectivity index (χ0v) is 11.8. The van der Waals surface area contributed by atoms with Crippen LogP contribution in [0.4, 0.5) is 9.59 Å². The Morgan fingerprint density at radius 3 is 2.29 bits per heavy atom. The normalized spacial score (nSPS) is 12.8. The summed E-state index contributed by atoms with van der Waals surface area (Å²) in [5.74, 6) is 0.522. The van der Waals surface area contributed by atoms with Gasteiger partial charge in [0.05, 0.1) is 13.2 Å². The van der Waals surface area contributed by atoms with Crippen LogP contribution in [0.5, 0.6) is 0 Å². The molecule has 3 N–H and O–H groups in total. The zero-order valence-electron chi connectivity index (χ0n) is 11.8. The number of rotatable bonds is 7. The molecule has 0 spiro atoms. The second kappa shape index (κ2) is 9.25. The highest BCUT2D eigenvalue weighted by Crippen LogP contribution is 2.07. The maximum Gasteiger partial charge on any atom is 0.409 e. The van der Waals surface area contributed by atoms with E-state index in [1.807, 2.05) is 5.92 Å². The lowest BCUT2D eigenvalue weighted by Crippen LogP contribution is -2.52. The Morgan fingerprint density at radius 1 is 1.24 bits per heavy atom. The van der Waals surface area contributed by atoms with Crippen molar-refractivity contribution >= 4 is 18.2 Å². The van der Waals surface area contributed by atoms with E-state index in [0.29, 0.717) is 0 Å². The van der Waals surface area contributed by atoms with Gasteiger partial charge in [-0.2, -0.15) is 0 Å². The van der Waals surface area contributed by atoms with E-state index in [1.165, 1.54) is 6.08 Å². The molecule has 2 amide bonds. The lowest BCUT2D eigenvalue weighted by atomic mass is 10.0. The van der Waals surface area contributed by atoms with Crippen LogP contribution >= 0.6 is 0 Å². The highest BCUT2D eigenvalue weighted by Gasteiger charge is 2.36. The van der Waals surface area contributed by atoms with E-state index in [0.717, 1.165) is 6.08 Å². The predicted molar refractivity (Wildman–Crippen MR) is 73.5 cm³/mol. The van der Waals surface area contributed by atoms with Crippen LogP contribution in [0.2, 0.25) is 0 Å². The first-order valence-corrected chi connectivity index (χ1v) is 6.16. The lowest BCUT2D eigenvalue weighted by Gasteiger charge is -2.20. The average molecular weight is 298 g/mol. The Labute approximate surface area is 122 Å². The molecule has 0 bridgehead atoms. The summed E-state index contributed by atoms with van der Waals surface area (Å²) in [6, 6.07) is 0. The van der Waals surface area contributed by atoms with Crippen LogP contribution in [0.25, 0.3) is 0 Å². The van der Waals surface area contributed by atoms with Crippen LogP contribution in [0.1, 0.15) is 13.8 Å². The summed E-state index contributed by atoms with van der Waals surface area (Å²) in [7, 11) is 0. The Bertz CT molecular complexity index is 454. The molecule has 0 aromatic heterocycles. The number of amides is 2. The number of carbonyl (C=O) groups is 3. The van der Waals surface area contributed by atoms with Gasteiger partial charge in [0.25, 0.3) is 0 Å². The first-order valence-electron chi connectivity index (χ1n) is 6.16. The van der Waals surface area contributed by atoms with Gasteiger partial charge in [-0.05, 0) is 19.9 Å². The molecule has 0 aliphatic heterocycles. The first-order chi connectivity index (χ1) is 9.91. The van der Waals surface area contributed by atoms with Gasteiger partial charge in [0.15, 0.2) is 0 Å². The fourth-order valence-electron chi connectivity index (χ4n) is 1.20. The van der Waals surface area contributed by atoms with E-state index in [4.69, 9.17) is 11.5 Å². The summed E-state index contributed by atoms with van der Waals surface area (Å²) in [6.45, 7) is 3.48. The molecule has 0 aromatic carbocycles. The van der Waals surface area contributed by atoms with Gasteiger partial charge in [-0.1, -0.05) is 12.0 Å². The maximum absolute atomic E-state index is 11.3. The number of hydrogen-bond acceptors (Lipinski definition) is 5. The summed E-state index contributed by atoms with van der Waals surface area (Å²) in [4.78, 5) is 33.6. The minimum Gasteiger partial charge on any atom is -0.479 e. The molecule has 21 heavy (non-hydrogen) atoms. The van der Waals surface area contributed by atoms with Crippen molar-refractivity contribution in [3.8, 4) is 12.3 Å². The third-order valence-corrected chi connectivity index (χ3v) is 2.15. The molecule has 8 nitrogen and oxygen atoms in total. The van der Waals surface area contributed by atoms with Gasteiger partial charge >= 0.3 is 18.2 Å². The van der Waals surface area contributed by atoms with E-state index >= 15 is 0 Å². The van der Waals surface area contributed by atoms with E-state index in [2.05, 4.69) is 20.1 Å². The molecular weight excluding hydrogens is 280 g/mol. The molecule has 0 aliphatic carbocycles. The first kappa shape index (κ1) is 18.3. The summed E-state index contributed by atoms with van der Waals surface area (Å²) in [5, 5.41) is 13.6. The van der Waals surface area contributed by atoms with Crippen molar-refractivity contribution in [1.29, 1.82) is 0 Å². The van der Waals surface area contributed by atoms with Crippen molar-refractivity contribution in [3.63, 3.8) is 0 Å². The summed E-state index contributed by atoms with van der Waals surface area (Å²) >= 11 is 0. The molecule has 0 saturated heterocycles. The summed E-state index contributed by atoms with van der Waals surface area (Å²) < 4.78 is 9.21. The quantitative estimate of drug-likeness (QED) is 0.465. The lowest BCUT2D eigenvalue weighted by molar-refractivity contribution is -0.140. The third kappa shape index (κ3) is 6.33. The molecular formula is C13H18N2O6. The van der Waals surface area contributed by atoms with Gasteiger partial charge in [-0.25, -0.2) is 14.4 Å². The van der Waals surface area contributed by atoms with Crippen molar-refractivity contribution in [2.75, 3.05) is 19.8 Å². The van der Waals surface area contributed by atoms with Crippen LogP contribution < -0.4 is 10.6 Å². The molecule has 0 aromatic rings. The van der Waals surface area contributed by atoms with E-state index in [-0.39, 0.29) is 19.8 Å². The van der Waals surface area contributed by atoms with E-state index in [9.17, 15) is 14.4 Å². The molecule has 8 heteroatoms. The fourth-order valence-corrected chi connectivity index (χ4v) is 1.20. The van der Waals surface area contributed by atoms with Crippen LogP contribution in [0.3, 0.4) is 0 Å². The Kier molecular flexibility index (Phi) is 8.07. The van der Waals surface area contributed by atoms with E-state index in [1.54, 1.807) is 13.8 Å². The molecule has 0 aliphatic rings. The van der Waals surface area contributed by atoms with Gasteiger partial charge < -0.3 is 19.9 Å². The Balaban J connectivity index is 4.77. The molecule has 0 heterocycles. The summed E-state index contributed by atoms with van der Waals surface area (Å²) in [6.07, 6.45) is 5.93. The predicted octanol–water partition coefficient (Wildman–Crippen LogP) is 0.491. The second-order valence-electron chi connectivity index (χ2n) is 3.61. The average Bonchev–Trinajstić information content (AvgIpc) is 2.42. The van der Waals surface area contributed by atoms with Gasteiger partial charge in [0, 0.05) is 6.54 Å². The largest absolute Gasteiger partial charge is 0.479 e. The number of alkyl carbamates (subject to hydrolysis) is 2.